The molecule has 1 aliphatic carbocycles. The zero-order valence-electron chi connectivity index (χ0n) is 12.3. The predicted molar refractivity (Wildman–Crippen MR) is 84.8 cm³/mol. The van der Waals surface area contributed by atoms with Crippen LogP contribution in [0.25, 0.3) is 0 Å². The SMILES string of the molecule is CCNc1cc(N2CCN(C3CC3)CC2)nc(SC)n1. The van der Waals surface area contributed by atoms with Crippen molar-refractivity contribution >= 4 is 23.4 Å². The molecule has 2 heterocycles. The lowest BCUT2D eigenvalue weighted by Crippen LogP contribution is -2.47. The summed E-state index contributed by atoms with van der Waals surface area (Å²) in [5.41, 5.74) is 0. The van der Waals surface area contributed by atoms with Crippen LogP contribution in [0, 0.1) is 0 Å². The molecule has 1 aromatic heterocycles. The Morgan fingerprint density at radius 3 is 2.60 bits per heavy atom. The van der Waals surface area contributed by atoms with E-state index in [0.717, 1.165) is 42.5 Å². The number of hydrogen-bond acceptors (Lipinski definition) is 6. The Balaban J connectivity index is 1.70. The van der Waals surface area contributed by atoms with Gasteiger partial charge in [-0.2, -0.15) is 0 Å². The summed E-state index contributed by atoms with van der Waals surface area (Å²) in [6.45, 7) is 7.47. The van der Waals surface area contributed by atoms with Crippen molar-refractivity contribution < 1.29 is 0 Å². The summed E-state index contributed by atoms with van der Waals surface area (Å²) >= 11 is 1.60. The summed E-state index contributed by atoms with van der Waals surface area (Å²) in [6, 6.07) is 2.96. The van der Waals surface area contributed by atoms with E-state index in [0.29, 0.717) is 0 Å². The summed E-state index contributed by atoms with van der Waals surface area (Å²) in [6.07, 6.45) is 4.82. The van der Waals surface area contributed by atoms with E-state index < -0.39 is 0 Å². The highest BCUT2D eigenvalue weighted by Crippen LogP contribution is 2.28. The van der Waals surface area contributed by atoms with E-state index in [1.165, 1.54) is 25.9 Å². The Labute approximate surface area is 125 Å². The van der Waals surface area contributed by atoms with Crippen LogP contribution in [0.3, 0.4) is 0 Å². The van der Waals surface area contributed by atoms with Gasteiger partial charge in [-0.1, -0.05) is 11.8 Å². The van der Waals surface area contributed by atoms with Crippen molar-refractivity contribution in [2.24, 2.45) is 0 Å². The molecule has 0 spiro atoms. The summed E-state index contributed by atoms with van der Waals surface area (Å²) in [5.74, 6) is 2.00. The standard InChI is InChI=1S/C14H23N5S/c1-3-15-12-10-13(17-14(16-12)20-2)19-8-6-18(7-9-19)11-4-5-11/h10-11H,3-9H2,1-2H3,(H,15,16,17). The monoisotopic (exact) mass is 293 g/mol. The van der Waals surface area contributed by atoms with E-state index in [1.54, 1.807) is 11.8 Å². The average Bonchev–Trinajstić information content (AvgIpc) is 3.32. The van der Waals surface area contributed by atoms with E-state index in [2.05, 4.69) is 38.1 Å². The Kier molecular flexibility index (Phi) is 4.31. The molecule has 1 aromatic rings. The highest BCUT2D eigenvalue weighted by atomic mass is 32.2. The van der Waals surface area contributed by atoms with Crippen LogP contribution < -0.4 is 10.2 Å². The number of anilines is 2. The Bertz CT molecular complexity index is 455. The minimum Gasteiger partial charge on any atom is -0.370 e. The van der Waals surface area contributed by atoms with Crippen LogP contribution in [0.1, 0.15) is 19.8 Å². The minimum atomic E-state index is 0.850. The fourth-order valence-electron chi connectivity index (χ4n) is 2.69. The van der Waals surface area contributed by atoms with Crippen LogP contribution in [0.2, 0.25) is 0 Å². The molecular formula is C14H23N5S. The largest absolute Gasteiger partial charge is 0.370 e. The third kappa shape index (κ3) is 3.17. The van der Waals surface area contributed by atoms with Crippen molar-refractivity contribution in [2.45, 2.75) is 31.0 Å². The van der Waals surface area contributed by atoms with Gasteiger partial charge < -0.3 is 10.2 Å². The maximum atomic E-state index is 4.66. The first-order valence-corrected chi connectivity index (χ1v) is 8.68. The molecule has 20 heavy (non-hydrogen) atoms. The number of nitrogens with zero attached hydrogens (tertiary/aromatic N) is 4. The molecule has 3 rings (SSSR count). The predicted octanol–water partition coefficient (Wildman–Crippen LogP) is 1.91. The molecule has 0 bridgehead atoms. The maximum absolute atomic E-state index is 4.66. The molecule has 2 fully saturated rings. The average molecular weight is 293 g/mol. The molecule has 1 aliphatic heterocycles. The van der Waals surface area contributed by atoms with E-state index in [1.807, 2.05) is 6.26 Å². The first-order valence-electron chi connectivity index (χ1n) is 7.46. The fourth-order valence-corrected chi connectivity index (χ4v) is 3.07. The quantitative estimate of drug-likeness (QED) is 0.661. The Morgan fingerprint density at radius 2 is 2.00 bits per heavy atom. The molecule has 0 amide bonds. The Hall–Kier alpha value is -1.01. The van der Waals surface area contributed by atoms with E-state index in [4.69, 9.17) is 0 Å². The van der Waals surface area contributed by atoms with Crippen molar-refractivity contribution in [1.82, 2.24) is 14.9 Å². The van der Waals surface area contributed by atoms with E-state index in [-0.39, 0.29) is 0 Å². The number of aromatic nitrogens is 2. The third-order valence-corrected chi connectivity index (χ3v) is 4.48. The second-order valence-corrected chi connectivity index (χ2v) is 6.16. The first kappa shape index (κ1) is 13.9. The molecule has 1 saturated carbocycles. The fraction of sp³-hybridized carbons (Fsp3) is 0.714. The van der Waals surface area contributed by atoms with Gasteiger partial charge in [0.05, 0.1) is 0 Å². The van der Waals surface area contributed by atoms with Gasteiger partial charge >= 0.3 is 0 Å². The van der Waals surface area contributed by atoms with E-state index >= 15 is 0 Å². The van der Waals surface area contributed by atoms with Crippen molar-refractivity contribution in [3.63, 3.8) is 0 Å². The van der Waals surface area contributed by atoms with Gasteiger partial charge in [0.2, 0.25) is 0 Å². The normalized spacial score (nSPS) is 20.2. The minimum absolute atomic E-state index is 0.850. The van der Waals surface area contributed by atoms with Gasteiger partial charge in [-0.15, -0.1) is 0 Å². The van der Waals surface area contributed by atoms with Crippen molar-refractivity contribution in [3.8, 4) is 0 Å². The zero-order chi connectivity index (χ0) is 13.9. The summed E-state index contributed by atoms with van der Waals surface area (Å²) in [5, 5.41) is 4.15. The van der Waals surface area contributed by atoms with Gasteiger partial charge in [0.15, 0.2) is 5.16 Å². The second-order valence-electron chi connectivity index (χ2n) is 5.38. The van der Waals surface area contributed by atoms with Crippen LogP contribution in [0.15, 0.2) is 11.2 Å². The number of piperazine rings is 1. The second kappa shape index (κ2) is 6.18. The van der Waals surface area contributed by atoms with Crippen LogP contribution in [0.5, 0.6) is 0 Å². The lowest BCUT2D eigenvalue weighted by molar-refractivity contribution is 0.247. The molecule has 1 saturated heterocycles. The molecule has 2 aliphatic rings. The lowest BCUT2D eigenvalue weighted by atomic mass is 10.3. The van der Waals surface area contributed by atoms with Crippen molar-refractivity contribution in [1.29, 1.82) is 0 Å². The number of rotatable bonds is 5. The van der Waals surface area contributed by atoms with Crippen LogP contribution in [-0.2, 0) is 0 Å². The maximum Gasteiger partial charge on any atom is 0.191 e. The molecule has 0 atom stereocenters. The molecule has 0 unspecified atom stereocenters. The van der Waals surface area contributed by atoms with Gasteiger partial charge in [-0.3, -0.25) is 4.90 Å². The van der Waals surface area contributed by atoms with Gasteiger partial charge in [-0.05, 0) is 26.0 Å². The molecule has 110 valence electrons. The number of thioether (sulfide) groups is 1. The summed E-state index contributed by atoms with van der Waals surface area (Å²) in [7, 11) is 0. The number of hydrogen-bond donors (Lipinski definition) is 1. The van der Waals surface area contributed by atoms with Crippen LogP contribution in [-0.4, -0.2) is 59.9 Å². The molecule has 5 nitrogen and oxygen atoms in total. The molecule has 1 N–H and O–H groups in total. The summed E-state index contributed by atoms with van der Waals surface area (Å²) in [4.78, 5) is 14.2. The lowest BCUT2D eigenvalue weighted by Gasteiger charge is -2.35. The zero-order valence-corrected chi connectivity index (χ0v) is 13.1. The topological polar surface area (TPSA) is 44.3 Å². The smallest absolute Gasteiger partial charge is 0.191 e. The van der Waals surface area contributed by atoms with Crippen molar-refractivity contribution in [3.05, 3.63) is 6.07 Å². The van der Waals surface area contributed by atoms with Crippen LogP contribution in [0.4, 0.5) is 11.6 Å². The molecule has 0 radical (unpaired) electrons. The highest BCUT2D eigenvalue weighted by molar-refractivity contribution is 7.98. The van der Waals surface area contributed by atoms with Gasteiger partial charge in [0.25, 0.3) is 0 Å². The molecular weight excluding hydrogens is 270 g/mol. The number of nitrogens with one attached hydrogen (secondary N) is 1. The van der Waals surface area contributed by atoms with Gasteiger partial charge in [0.1, 0.15) is 11.6 Å². The first-order chi connectivity index (χ1) is 9.80. The Morgan fingerprint density at radius 1 is 1.25 bits per heavy atom. The third-order valence-electron chi connectivity index (χ3n) is 3.93. The van der Waals surface area contributed by atoms with Crippen molar-refractivity contribution in [2.75, 3.05) is 49.2 Å². The van der Waals surface area contributed by atoms with E-state index in [9.17, 15) is 0 Å². The summed E-state index contributed by atoms with van der Waals surface area (Å²) < 4.78 is 0. The van der Waals surface area contributed by atoms with Gasteiger partial charge in [0, 0.05) is 44.8 Å². The highest BCUT2D eigenvalue weighted by Gasteiger charge is 2.31. The molecule has 0 aromatic carbocycles. The molecule has 6 heteroatoms. The van der Waals surface area contributed by atoms with Gasteiger partial charge in [-0.25, -0.2) is 9.97 Å². The van der Waals surface area contributed by atoms with Crippen LogP contribution >= 0.6 is 11.8 Å².